The van der Waals surface area contributed by atoms with Crippen LogP contribution < -0.4 is 10.5 Å². The van der Waals surface area contributed by atoms with E-state index in [0.29, 0.717) is 0 Å². The molecule has 2 rings (SSSR count). The van der Waals surface area contributed by atoms with Crippen LogP contribution in [-0.4, -0.2) is 4.75 Å². The standard InChI is InChI=1S/C17H28N2S/c1-16(2,3)20-19-17(4,11-10-13-8-9-13)14-6-5-7-15(18)12-14/h5-7,12-13,19H,8-11,18H2,1-4H3. The highest BCUT2D eigenvalue weighted by atomic mass is 32.2. The van der Waals surface area contributed by atoms with E-state index < -0.39 is 0 Å². The van der Waals surface area contributed by atoms with Crippen LogP contribution in [0.3, 0.4) is 0 Å². The van der Waals surface area contributed by atoms with E-state index in [2.05, 4.69) is 50.6 Å². The minimum absolute atomic E-state index is 0.00405. The predicted octanol–water partition coefficient (Wildman–Crippen LogP) is 4.71. The van der Waals surface area contributed by atoms with Gasteiger partial charge in [-0.25, -0.2) is 0 Å². The Labute approximate surface area is 128 Å². The van der Waals surface area contributed by atoms with Crippen molar-refractivity contribution in [3.63, 3.8) is 0 Å². The molecule has 112 valence electrons. The first-order valence-electron chi connectivity index (χ1n) is 7.60. The number of hydrogen-bond acceptors (Lipinski definition) is 3. The van der Waals surface area contributed by atoms with Crippen LogP contribution >= 0.6 is 11.9 Å². The van der Waals surface area contributed by atoms with E-state index in [0.717, 1.165) is 11.6 Å². The van der Waals surface area contributed by atoms with Crippen LogP contribution in [0.2, 0.25) is 0 Å². The van der Waals surface area contributed by atoms with Gasteiger partial charge < -0.3 is 5.73 Å². The first-order chi connectivity index (χ1) is 9.28. The molecule has 3 N–H and O–H groups in total. The zero-order chi connectivity index (χ0) is 14.8. The molecule has 0 bridgehead atoms. The first-order valence-corrected chi connectivity index (χ1v) is 8.41. The molecule has 0 aromatic heterocycles. The lowest BCUT2D eigenvalue weighted by molar-refractivity contribution is 0.391. The topological polar surface area (TPSA) is 38.0 Å². The van der Waals surface area contributed by atoms with Gasteiger partial charge in [0.05, 0.1) is 5.54 Å². The average molecular weight is 292 g/mol. The zero-order valence-electron chi connectivity index (χ0n) is 13.2. The van der Waals surface area contributed by atoms with Crippen molar-refractivity contribution in [3.8, 4) is 0 Å². The summed E-state index contributed by atoms with van der Waals surface area (Å²) in [6.07, 6.45) is 5.31. The van der Waals surface area contributed by atoms with Crippen molar-refractivity contribution in [1.29, 1.82) is 0 Å². The third kappa shape index (κ3) is 4.71. The molecule has 1 aliphatic carbocycles. The van der Waals surface area contributed by atoms with Gasteiger partial charge in [0.2, 0.25) is 0 Å². The van der Waals surface area contributed by atoms with Gasteiger partial charge in [0.25, 0.3) is 0 Å². The number of nitrogen functional groups attached to an aromatic ring is 1. The minimum atomic E-state index is -0.00405. The van der Waals surface area contributed by atoms with E-state index in [4.69, 9.17) is 5.73 Å². The molecule has 0 saturated heterocycles. The molecule has 1 unspecified atom stereocenters. The van der Waals surface area contributed by atoms with E-state index in [9.17, 15) is 0 Å². The van der Waals surface area contributed by atoms with Gasteiger partial charge in [-0.1, -0.05) is 36.9 Å². The second-order valence-corrected chi connectivity index (χ2v) is 8.89. The van der Waals surface area contributed by atoms with E-state index >= 15 is 0 Å². The molecule has 20 heavy (non-hydrogen) atoms. The summed E-state index contributed by atoms with van der Waals surface area (Å²) in [6.45, 7) is 9.03. The molecule has 0 radical (unpaired) electrons. The van der Waals surface area contributed by atoms with Gasteiger partial charge in [-0.2, -0.15) is 0 Å². The molecule has 0 aliphatic heterocycles. The highest BCUT2D eigenvalue weighted by molar-refractivity contribution is 7.98. The van der Waals surface area contributed by atoms with Crippen molar-refractivity contribution in [2.24, 2.45) is 5.92 Å². The predicted molar refractivity (Wildman–Crippen MR) is 90.6 cm³/mol. The Morgan fingerprint density at radius 2 is 1.95 bits per heavy atom. The monoisotopic (exact) mass is 292 g/mol. The zero-order valence-corrected chi connectivity index (χ0v) is 14.0. The molecule has 0 heterocycles. The highest BCUT2D eigenvalue weighted by Crippen LogP contribution is 2.39. The lowest BCUT2D eigenvalue weighted by Crippen LogP contribution is -2.37. The minimum Gasteiger partial charge on any atom is -0.399 e. The van der Waals surface area contributed by atoms with Crippen LogP contribution in [0.25, 0.3) is 0 Å². The summed E-state index contributed by atoms with van der Waals surface area (Å²) >= 11 is 1.82. The Morgan fingerprint density at radius 3 is 2.50 bits per heavy atom. The van der Waals surface area contributed by atoms with Crippen molar-refractivity contribution in [2.45, 2.75) is 63.7 Å². The lowest BCUT2D eigenvalue weighted by atomic mass is 9.87. The van der Waals surface area contributed by atoms with Gasteiger partial charge in [0.1, 0.15) is 0 Å². The maximum absolute atomic E-state index is 5.97. The van der Waals surface area contributed by atoms with Gasteiger partial charge in [0, 0.05) is 10.4 Å². The van der Waals surface area contributed by atoms with Crippen molar-refractivity contribution < 1.29 is 0 Å². The molecule has 1 aromatic rings. The largest absolute Gasteiger partial charge is 0.399 e. The van der Waals surface area contributed by atoms with Gasteiger partial charge in [-0.3, -0.25) is 4.72 Å². The quantitative estimate of drug-likeness (QED) is 0.589. The fourth-order valence-corrected chi connectivity index (χ4v) is 3.05. The van der Waals surface area contributed by atoms with Crippen molar-refractivity contribution in [1.82, 2.24) is 4.72 Å². The van der Waals surface area contributed by atoms with Gasteiger partial charge in [0.15, 0.2) is 0 Å². The third-order valence-corrected chi connectivity index (χ3v) is 5.02. The van der Waals surface area contributed by atoms with E-state index in [1.54, 1.807) is 0 Å². The number of benzene rings is 1. The summed E-state index contributed by atoms with van der Waals surface area (Å²) < 4.78 is 3.93. The molecule has 1 aliphatic rings. The lowest BCUT2D eigenvalue weighted by Gasteiger charge is -2.34. The Balaban J connectivity index is 2.12. The molecule has 1 saturated carbocycles. The van der Waals surface area contributed by atoms with Gasteiger partial charge >= 0.3 is 0 Å². The fraction of sp³-hybridized carbons (Fsp3) is 0.647. The normalized spacial score (nSPS) is 18.8. The Morgan fingerprint density at radius 1 is 1.25 bits per heavy atom. The van der Waals surface area contributed by atoms with E-state index in [1.807, 2.05) is 18.0 Å². The number of hydrogen-bond donors (Lipinski definition) is 2. The number of anilines is 1. The number of nitrogens with two attached hydrogens (primary N) is 1. The fourth-order valence-electron chi connectivity index (χ4n) is 2.30. The Kier molecular flexibility index (Phi) is 4.70. The highest BCUT2D eigenvalue weighted by Gasteiger charge is 2.31. The Bertz CT molecular complexity index is 449. The van der Waals surface area contributed by atoms with Gasteiger partial charge in [-0.15, -0.1) is 0 Å². The molecular weight excluding hydrogens is 264 g/mol. The van der Waals surface area contributed by atoms with Crippen LogP contribution in [0, 0.1) is 5.92 Å². The van der Waals surface area contributed by atoms with Crippen molar-refractivity contribution in [3.05, 3.63) is 29.8 Å². The van der Waals surface area contributed by atoms with Crippen LogP contribution in [-0.2, 0) is 5.54 Å². The second kappa shape index (κ2) is 5.98. The van der Waals surface area contributed by atoms with Crippen molar-refractivity contribution >= 4 is 17.6 Å². The maximum Gasteiger partial charge on any atom is 0.0504 e. The molecule has 1 aromatic carbocycles. The van der Waals surface area contributed by atoms with Gasteiger partial charge in [-0.05, 0) is 64.2 Å². The van der Waals surface area contributed by atoms with Crippen LogP contribution in [0.1, 0.15) is 58.9 Å². The van der Waals surface area contributed by atoms with Crippen LogP contribution in [0.15, 0.2) is 24.3 Å². The Hall–Kier alpha value is -0.670. The van der Waals surface area contributed by atoms with E-state index in [-0.39, 0.29) is 10.3 Å². The molecular formula is C17H28N2S. The summed E-state index contributed by atoms with van der Waals surface area (Å²) in [5, 5.41) is 0. The van der Waals surface area contributed by atoms with Crippen molar-refractivity contribution in [2.75, 3.05) is 5.73 Å². The summed E-state index contributed by atoms with van der Waals surface area (Å²) in [6, 6.07) is 8.33. The van der Waals surface area contributed by atoms with Crippen LogP contribution in [0.4, 0.5) is 5.69 Å². The number of rotatable bonds is 6. The molecule has 1 atom stereocenters. The third-order valence-electron chi connectivity index (χ3n) is 3.86. The summed E-state index contributed by atoms with van der Waals surface area (Å²) in [4.78, 5) is 0. The summed E-state index contributed by atoms with van der Waals surface area (Å²) in [5.41, 5.74) is 8.12. The average Bonchev–Trinajstić information content (AvgIpc) is 3.17. The first kappa shape index (κ1) is 15.7. The SMILES string of the molecule is CC(C)(C)SNC(C)(CCC1CC1)c1cccc(N)c1. The molecule has 0 amide bonds. The maximum atomic E-state index is 5.97. The molecule has 2 nitrogen and oxygen atoms in total. The van der Waals surface area contributed by atoms with E-state index in [1.165, 1.54) is 31.2 Å². The number of nitrogens with one attached hydrogen (secondary N) is 1. The van der Waals surface area contributed by atoms with Crippen LogP contribution in [0.5, 0.6) is 0 Å². The summed E-state index contributed by atoms with van der Waals surface area (Å²) in [5.74, 6) is 0.955. The smallest absolute Gasteiger partial charge is 0.0504 e. The second-order valence-electron chi connectivity index (χ2n) is 7.26. The summed E-state index contributed by atoms with van der Waals surface area (Å²) in [7, 11) is 0. The molecule has 0 spiro atoms. The molecule has 1 fully saturated rings. The molecule has 3 heteroatoms.